The lowest BCUT2D eigenvalue weighted by molar-refractivity contribution is -0.118. The maximum Gasteiger partial charge on any atom is 0.233 e. The molecule has 154 valence electrons. The monoisotopic (exact) mass is 409 g/mol. The average Bonchev–Trinajstić information content (AvgIpc) is 3.11. The molecule has 2 aromatic carbocycles. The van der Waals surface area contributed by atoms with Crippen molar-refractivity contribution in [2.24, 2.45) is 0 Å². The predicted octanol–water partition coefficient (Wildman–Crippen LogP) is 5.00. The number of nitrogens with zero attached hydrogens (tertiary/aromatic N) is 3. The second-order valence-electron chi connectivity index (χ2n) is 7.92. The minimum Gasteiger partial charge on any atom is -0.309 e. The van der Waals surface area contributed by atoms with Crippen LogP contribution in [0.25, 0.3) is 10.2 Å². The molecule has 0 bridgehead atoms. The average molecular weight is 410 g/mol. The van der Waals surface area contributed by atoms with Gasteiger partial charge in [-0.25, -0.2) is 4.98 Å². The van der Waals surface area contributed by atoms with Crippen molar-refractivity contribution >= 4 is 32.6 Å². The fourth-order valence-electron chi connectivity index (χ4n) is 3.52. The van der Waals surface area contributed by atoms with E-state index in [1.165, 1.54) is 11.1 Å². The summed E-state index contributed by atoms with van der Waals surface area (Å²) < 4.78 is 1.15. The molecule has 0 N–H and O–H groups in total. The molecule has 1 heterocycles. The molecule has 3 rings (SSSR count). The van der Waals surface area contributed by atoms with Crippen LogP contribution in [0.4, 0.5) is 5.13 Å². The Labute approximate surface area is 178 Å². The number of aromatic nitrogens is 1. The number of hydrogen-bond acceptors (Lipinski definition) is 4. The summed E-state index contributed by atoms with van der Waals surface area (Å²) in [6, 6.07) is 12.6. The van der Waals surface area contributed by atoms with Crippen molar-refractivity contribution in [3.05, 3.63) is 58.7 Å². The molecule has 1 amide bonds. The molecule has 0 aliphatic rings. The molecule has 0 aliphatic heterocycles. The summed E-state index contributed by atoms with van der Waals surface area (Å²) in [4.78, 5) is 22.3. The SMILES string of the molecule is CCc1cccc2sc(N(CCCN(C)C)C(=O)Cc3cc(C)ccc3C)nc12. The third-order valence-electron chi connectivity index (χ3n) is 5.24. The van der Waals surface area contributed by atoms with Crippen LogP contribution in [-0.2, 0) is 17.6 Å². The number of para-hydroxylation sites is 1. The molecule has 4 nitrogen and oxygen atoms in total. The highest BCUT2D eigenvalue weighted by Gasteiger charge is 2.21. The van der Waals surface area contributed by atoms with Crippen molar-refractivity contribution in [1.29, 1.82) is 0 Å². The van der Waals surface area contributed by atoms with Gasteiger partial charge in [0.2, 0.25) is 5.91 Å². The summed E-state index contributed by atoms with van der Waals surface area (Å²) in [5, 5.41) is 0.815. The maximum absolute atomic E-state index is 13.4. The number of carbonyl (C=O) groups is 1. The van der Waals surface area contributed by atoms with E-state index in [4.69, 9.17) is 4.98 Å². The largest absolute Gasteiger partial charge is 0.309 e. The van der Waals surface area contributed by atoms with Gasteiger partial charge in [0.15, 0.2) is 5.13 Å². The molecule has 0 saturated carbocycles. The predicted molar refractivity (Wildman–Crippen MR) is 124 cm³/mol. The highest BCUT2D eigenvalue weighted by Crippen LogP contribution is 2.31. The molecule has 0 unspecified atom stereocenters. The fraction of sp³-hybridized carbons (Fsp3) is 0.417. The number of benzene rings is 2. The van der Waals surface area contributed by atoms with Crippen LogP contribution in [0.15, 0.2) is 36.4 Å². The zero-order chi connectivity index (χ0) is 21.0. The number of amides is 1. The molecule has 3 aromatic rings. The Kier molecular flexibility index (Phi) is 7.04. The Morgan fingerprint density at radius 1 is 1.07 bits per heavy atom. The van der Waals surface area contributed by atoms with E-state index < -0.39 is 0 Å². The van der Waals surface area contributed by atoms with Crippen LogP contribution < -0.4 is 4.90 Å². The van der Waals surface area contributed by atoms with Gasteiger partial charge in [-0.1, -0.05) is 54.2 Å². The zero-order valence-electron chi connectivity index (χ0n) is 18.2. The van der Waals surface area contributed by atoms with Crippen molar-refractivity contribution in [2.75, 3.05) is 32.1 Å². The van der Waals surface area contributed by atoms with E-state index >= 15 is 0 Å². The van der Waals surface area contributed by atoms with E-state index in [2.05, 4.69) is 76.2 Å². The zero-order valence-corrected chi connectivity index (χ0v) is 19.0. The molecule has 0 aliphatic carbocycles. The second kappa shape index (κ2) is 9.51. The first-order chi connectivity index (χ1) is 13.9. The van der Waals surface area contributed by atoms with Crippen molar-refractivity contribution < 1.29 is 4.79 Å². The molecular weight excluding hydrogens is 378 g/mol. The van der Waals surface area contributed by atoms with E-state index in [1.54, 1.807) is 11.3 Å². The van der Waals surface area contributed by atoms with Crippen LogP contribution in [0.3, 0.4) is 0 Å². The van der Waals surface area contributed by atoms with Gasteiger partial charge < -0.3 is 4.90 Å². The first-order valence-corrected chi connectivity index (χ1v) is 11.1. The van der Waals surface area contributed by atoms with Gasteiger partial charge in [-0.15, -0.1) is 0 Å². The van der Waals surface area contributed by atoms with Crippen LogP contribution in [0.5, 0.6) is 0 Å². The first-order valence-electron chi connectivity index (χ1n) is 10.3. The van der Waals surface area contributed by atoms with Crippen molar-refractivity contribution in [3.63, 3.8) is 0 Å². The van der Waals surface area contributed by atoms with Crippen molar-refractivity contribution in [2.45, 2.75) is 40.0 Å². The Balaban J connectivity index is 1.91. The van der Waals surface area contributed by atoms with E-state index in [1.807, 2.05) is 4.90 Å². The van der Waals surface area contributed by atoms with Gasteiger partial charge in [-0.05, 0) is 70.1 Å². The Morgan fingerprint density at radius 2 is 1.86 bits per heavy atom. The fourth-order valence-corrected chi connectivity index (χ4v) is 4.57. The molecule has 0 radical (unpaired) electrons. The minimum absolute atomic E-state index is 0.120. The maximum atomic E-state index is 13.4. The molecular formula is C24H31N3OS. The molecule has 0 fully saturated rings. The van der Waals surface area contributed by atoms with Gasteiger partial charge in [0.05, 0.1) is 16.6 Å². The highest BCUT2D eigenvalue weighted by molar-refractivity contribution is 7.22. The lowest BCUT2D eigenvalue weighted by Crippen LogP contribution is -2.34. The molecule has 0 spiro atoms. The van der Waals surface area contributed by atoms with E-state index in [0.29, 0.717) is 13.0 Å². The molecule has 0 saturated heterocycles. The molecule has 5 heteroatoms. The van der Waals surface area contributed by atoms with E-state index in [-0.39, 0.29) is 5.91 Å². The van der Waals surface area contributed by atoms with E-state index in [0.717, 1.165) is 45.9 Å². The summed E-state index contributed by atoms with van der Waals surface area (Å²) in [7, 11) is 4.13. The number of anilines is 1. The number of hydrogen-bond donors (Lipinski definition) is 0. The third kappa shape index (κ3) is 5.22. The van der Waals surface area contributed by atoms with E-state index in [9.17, 15) is 4.79 Å². The number of thiazole rings is 1. The number of aryl methyl sites for hydroxylation is 3. The topological polar surface area (TPSA) is 36.4 Å². The Hall–Kier alpha value is -2.24. The summed E-state index contributed by atoms with van der Waals surface area (Å²) in [6.45, 7) is 7.92. The van der Waals surface area contributed by atoms with Gasteiger partial charge in [0.1, 0.15) is 0 Å². The number of rotatable bonds is 8. The summed E-state index contributed by atoms with van der Waals surface area (Å²) in [5.41, 5.74) is 5.72. The van der Waals surface area contributed by atoms with Crippen molar-refractivity contribution in [3.8, 4) is 0 Å². The van der Waals surface area contributed by atoms with Gasteiger partial charge in [0, 0.05) is 6.54 Å². The van der Waals surface area contributed by atoms with Crippen LogP contribution in [0.1, 0.15) is 35.6 Å². The smallest absolute Gasteiger partial charge is 0.233 e. The summed E-state index contributed by atoms with van der Waals surface area (Å²) >= 11 is 1.62. The lowest BCUT2D eigenvalue weighted by Gasteiger charge is -2.21. The Morgan fingerprint density at radius 3 is 2.59 bits per heavy atom. The molecule has 1 aromatic heterocycles. The Bertz CT molecular complexity index is 993. The van der Waals surface area contributed by atoms with Crippen LogP contribution in [-0.4, -0.2) is 43.0 Å². The standard InChI is InChI=1S/C24H31N3OS/c1-6-19-9-7-10-21-23(19)25-24(29-21)27(14-8-13-26(4)5)22(28)16-20-15-17(2)11-12-18(20)3/h7,9-12,15H,6,8,13-14,16H2,1-5H3. The highest BCUT2D eigenvalue weighted by atomic mass is 32.1. The normalized spacial score (nSPS) is 11.4. The van der Waals surface area contributed by atoms with Crippen LogP contribution in [0, 0.1) is 13.8 Å². The van der Waals surface area contributed by atoms with Gasteiger partial charge in [-0.3, -0.25) is 9.69 Å². The second-order valence-corrected chi connectivity index (χ2v) is 8.93. The van der Waals surface area contributed by atoms with Crippen LogP contribution >= 0.6 is 11.3 Å². The summed E-state index contributed by atoms with van der Waals surface area (Å²) in [5.74, 6) is 0.120. The minimum atomic E-state index is 0.120. The number of fused-ring (bicyclic) bond motifs is 1. The molecule has 0 atom stereocenters. The first kappa shape index (κ1) is 21.5. The van der Waals surface area contributed by atoms with Crippen LogP contribution in [0.2, 0.25) is 0 Å². The van der Waals surface area contributed by atoms with Crippen molar-refractivity contribution in [1.82, 2.24) is 9.88 Å². The molecule has 29 heavy (non-hydrogen) atoms. The quantitative estimate of drug-likeness (QED) is 0.525. The number of carbonyl (C=O) groups excluding carboxylic acids is 1. The third-order valence-corrected chi connectivity index (χ3v) is 6.28. The summed E-state index contributed by atoms with van der Waals surface area (Å²) in [6.07, 6.45) is 2.27. The van der Waals surface area contributed by atoms with Gasteiger partial charge >= 0.3 is 0 Å². The van der Waals surface area contributed by atoms with Gasteiger partial charge in [0.25, 0.3) is 0 Å². The lowest BCUT2D eigenvalue weighted by atomic mass is 10.0. The van der Waals surface area contributed by atoms with Gasteiger partial charge in [-0.2, -0.15) is 0 Å².